The largest absolute Gasteiger partial charge is 0.392 e. The van der Waals surface area contributed by atoms with E-state index in [1.807, 2.05) is 13.8 Å². The van der Waals surface area contributed by atoms with Crippen LogP contribution in [0.5, 0.6) is 0 Å². The summed E-state index contributed by atoms with van der Waals surface area (Å²) in [4.78, 5) is 0. The van der Waals surface area contributed by atoms with Crippen LogP contribution in [0.3, 0.4) is 0 Å². The highest BCUT2D eigenvalue weighted by atomic mass is 19.1. The number of benzene rings is 1. The van der Waals surface area contributed by atoms with Gasteiger partial charge in [0.2, 0.25) is 0 Å². The van der Waals surface area contributed by atoms with Gasteiger partial charge in [-0.15, -0.1) is 0 Å². The zero-order chi connectivity index (χ0) is 12.4. The van der Waals surface area contributed by atoms with Crippen LogP contribution < -0.4 is 0 Å². The Hall–Kier alpha value is -1.68. The summed E-state index contributed by atoms with van der Waals surface area (Å²) < 4.78 is 14.8. The normalized spacial score (nSPS) is 10.8. The van der Waals surface area contributed by atoms with E-state index in [0.717, 1.165) is 28.9 Å². The van der Waals surface area contributed by atoms with Crippen LogP contribution in [-0.4, -0.2) is 14.9 Å². The molecule has 0 aliphatic heterocycles. The molecule has 0 aliphatic carbocycles. The minimum atomic E-state index is -0.251. The monoisotopic (exact) mass is 234 g/mol. The van der Waals surface area contributed by atoms with Gasteiger partial charge in [0.15, 0.2) is 0 Å². The van der Waals surface area contributed by atoms with Crippen molar-refractivity contribution in [1.82, 2.24) is 9.78 Å². The molecule has 1 N–H and O–H groups in total. The summed E-state index contributed by atoms with van der Waals surface area (Å²) in [6, 6.07) is 4.61. The Labute approximate surface area is 99.5 Å². The molecular formula is C13H15FN2O. The summed E-state index contributed by atoms with van der Waals surface area (Å²) in [5.74, 6) is -0.251. The van der Waals surface area contributed by atoms with Gasteiger partial charge >= 0.3 is 0 Å². The Bertz CT molecular complexity index is 534. The second kappa shape index (κ2) is 4.67. The fourth-order valence-corrected chi connectivity index (χ4v) is 1.98. The number of hydrogen-bond donors (Lipinski definition) is 1. The Balaban J connectivity index is 2.56. The quantitative estimate of drug-likeness (QED) is 0.885. The topological polar surface area (TPSA) is 38.1 Å². The number of halogens is 1. The fraction of sp³-hybridized carbons (Fsp3) is 0.308. The number of aliphatic hydroxyl groups excluding tert-OH is 1. The van der Waals surface area contributed by atoms with Crippen molar-refractivity contribution >= 4 is 0 Å². The maximum Gasteiger partial charge on any atom is 0.123 e. The minimum absolute atomic E-state index is 0.0244. The summed E-state index contributed by atoms with van der Waals surface area (Å²) in [6.45, 7) is 3.83. The first-order chi connectivity index (χ1) is 8.17. The summed E-state index contributed by atoms with van der Waals surface area (Å²) in [7, 11) is 0. The molecule has 0 saturated carbocycles. The lowest BCUT2D eigenvalue weighted by Crippen LogP contribution is -2.05. The Morgan fingerprint density at radius 1 is 1.41 bits per heavy atom. The van der Waals surface area contributed by atoms with Crippen LogP contribution in [0, 0.1) is 12.7 Å². The van der Waals surface area contributed by atoms with Gasteiger partial charge in [-0.3, -0.25) is 0 Å². The van der Waals surface area contributed by atoms with Gasteiger partial charge in [0.25, 0.3) is 0 Å². The highest BCUT2D eigenvalue weighted by Crippen LogP contribution is 2.19. The molecule has 4 heteroatoms. The molecule has 0 bridgehead atoms. The molecule has 3 nitrogen and oxygen atoms in total. The molecule has 1 aromatic carbocycles. The van der Waals surface area contributed by atoms with Gasteiger partial charge in [0.05, 0.1) is 18.5 Å². The number of rotatable bonds is 3. The highest BCUT2D eigenvalue weighted by molar-refractivity contribution is 5.42. The van der Waals surface area contributed by atoms with E-state index in [0.29, 0.717) is 0 Å². The van der Waals surface area contributed by atoms with E-state index >= 15 is 0 Å². The summed E-state index contributed by atoms with van der Waals surface area (Å²) in [5, 5.41) is 13.5. The smallest absolute Gasteiger partial charge is 0.123 e. The molecule has 0 amide bonds. The van der Waals surface area contributed by atoms with E-state index in [2.05, 4.69) is 5.10 Å². The average molecular weight is 234 g/mol. The Kier molecular flexibility index (Phi) is 3.24. The lowest BCUT2D eigenvalue weighted by atomic mass is 10.1. The van der Waals surface area contributed by atoms with Crippen molar-refractivity contribution in [2.45, 2.75) is 26.9 Å². The third-order valence-electron chi connectivity index (χ3n) is 2.85. The number of aromatic nitrogens is 2. The molecule has 1 heterocycles. The van der Waals surface area contributed by atoms with E-state index < -0.39 is 0 Å². The van der Waals surface area contributed by atoms with Gasteiger partial charge in [0.1, 0.15) is 5.82 Å². The first-order valence-electron chi connectivity index (χ1n) is 5.60. The van der Waals surface area contributed by atoms with Crippen molar-refractivity contribution in [2.75, 3.05) is 0 Å². The third-order valence-corrected chi connectivity index (χ3v) is 2.85. The molecule has 0 spiro atoms. The number of nitrogens with zero attached hydrogens (tertiary/aromatic N) is 2. The molecule has 0 aliphatic rings. The number of aliphatic hydroxyl groups is 1. The number of hydrogen-bond acceptors (Lipinski definition) is 2. The predicted octanol–water partition coefficient (Wildman–Crippen LogP) is 2.37. The van der Waals surface area contributed by atoms with Gasteiger partial charge in [-0.2, -0.15) is 5.10 Å². The molecule has 1 aromatic heterocycles. The van der Waals surface area contributed by atoms with Gasteiger partial charge < -0.3 is 5.11 Å². The van der Waals surface area contributed by atoms with Crippen LogP contribution in [-0.2, 0) is 13.0 Å². The second-order valence-electron chi connectivity index (χ2n) is 3.97. The second-order valence-corrected chi connectivity index (χ2v) is 3.97. The molecular weight excluding hydrogens is 219 g/mol. The maximum atomic E-state index is 13.0. The molecule has 0 unspecified atom stereocenters. The van der Waals surface area contributed by atoms with Crippen LogP contribution >= 0.6 is 0 Å². The zero-order valence-corrected chi connectivity index (χ0v) is 9.94. The van der Waals surface area contributed by atoms with Crippen molar-refractivity contribution in [3.63, 3.8) is 0 Å². The predicted molar refractivity (Wildman–Crippen MR) is 63.6 cm³/mol. The molecule has 0 radical (unpaired) electrons. The SMILES string of the molecule is CCc1c(CO)cnn1-c1ccc(F)cc1C. The minimum Gasteiger partial charge on any atom is -0.392 e. The average Bonchev–Trinajstić information content (AvgIpc) is 2.71. The van der Waals surface area contributed by atoms with Gasteiger partial charge in [-0.1, -0.05) is 6.92 Å². The molecule has 2 aromatic rings. The summed E-state index contributed by atoms with van der Waals surface area (Å²) >= 11 is 0. The molecule has 2 rings (SSSR count). The zero-order valence-electron chi connectivity index (χ0n) is 9.94. The first-order valence-corrected chi connectivity index (χ1v) is 5.60. The lowest BCUT2D eigenvalue weighted by molar-refractivity contribution is 0.280. The summed E-state index contributed by atoms with van der Waals surface area (Å²) in [6.07, 6.45) is 2.42. The third kappa shape index (κ3) is 2.08. The fourth-order valence-electron chi connectivity index (χ4n) is 1.98. The Morgan fingerprint density at radius 3 is 2.76 bits per heavy atom. The molecule has 17 heavy (non-hydrogen) atoms. The van der Waals surface area contributed by atoms with Gasteiger partial charge in [-0.25, -0.2) is 9.07 Å². The van der Waals surface area contributed by atoms with Crippen molar-refractivity contribution in [3.8, 4) is 5.69 Å². The maximum absolute atomic E-state index is 13.0. The van der Waals surface area contributed by atoms with E-state index in [1.54, 1.807) is 16.9 Å². The van der Waals surface area contributed by atoms with Gasteiger partial charge in [-0.05, 0) is 37.1 Å². The van der Waals surface area contributed by atoms with Crippen LogP contribution in [0.1, 0.15) is 23.7 Å². The van der Waals surface area contributed by atoms with E-state index in [9.17, 15) is 9.50 Å². The van der Waals surface area contributed by atoms with Crippen LogP contribution in [0.25, 0.3) is 5.69 Å². The van der Waals surface area contributed by atoms with E-state index in [4.69, 9.17) is 0 Å². The highest BCUT2D eigenvalue weighted by Gasteiger charge is 2.11. The molecule has 0 atom stereocenters. The first kappa shape index (κ1) is 11.8. The van der Waals surface area contributed by atoms with Crippen LogP contribution in [0.15, 0.2) is 24.4 Å². The van der Waals surface area contributed by atoms with Crippen molar-refractivity contribution in [2.24, 2.45) is 0 Å². The van der Waals surface area contributed by atoms with Crippen molar-refractivity contribution in [3.05, 3.63) is 47.0 Å². The summed E-state index contributed by atoms with van der Waals surface area (Å²) in [5.41, 5.74) is 3.45. The van der Waals surface area contributed by atoms with Crippen LogP contribution in [0.4, 0.5) is 4.39 Å². The standard InChI is InChI=1S/C13H15FN2O/c1-3-12-10(8-17)7-15-16(12)13-5-4-11(14)6-9(13)2/h4-7,17H,3,8H2,1-2H3. The molecule has 0 fully saturated rings. The van der Waals surface area contributed by atoms with E-state index in [1.165, 1.54) is 12.1 Å². The van der Waals surface area contributed by atoms with Crippen molar-refractivity contribution in [1.29, 1.82) is 0 Å². The number of aryl methyl sites for hydroxylation is 1. The molecule has 90 valence electrons. The van der Waals surface area contributed by atoms with Crippen molar-refractivity contribution < 1.29 is 9.50 Å². The lowest BCUT2D eigenvalue weighted by Gasteiger charge is -2.10. The van der Waals surface area contributed by atoms with Crippen LogP contribution in [0.2, 0.25) is 0 Å². The van der Waals surface area contributed by atoms with Gasteiger partial charge in [0, 0.05) is 11.3 Å². The molecule has 0 saturated heterocycles. The van der Waals surface area contributed by atoms with E-state index in [-0.39, 0.29) is 12.4 Å². The Morgan fingerprint density at radius 2 is 2.18 bits per heavy atom.